The Morgan fingerprint density at radius 3 is 1.75 bits per heavy atom. The predicted molar refractivity (Wildman–Crippen MR) is 33.2 cm³/mol. The first kappa shape index (κ1) is 7.54. The molecule has 0 aliphatic rings. The van der Waals surface area contributed by atoms with Crippen LogP contribution in [0.3, 0.4) is 0 Å². The zero-order valence-electron chi connectivity index (χ0n) is 5.99. The van der Waals surface area contributed by atoms with Gasteiger partial charge in [-0.1, -0.05) is 33.8 Å². The van der Waals surface area contributed by atoms with Crippen LogP contribution in [-0.2, 0) is 0 Å². The van der Waals surface area contributed by atoms with Crippen molar-refractivity contribution >= 4 is 0 Å². The molecular formula is C7H13O-. The van der Waals surface area contributed by atoms with Crippen molar-refractivity contribution in [2.75, 3.05) is 0 Å². The molecule has 0 aliphatic heterocycles. The molecule has 0 unspecified atom stereocenters. The monoisotopic (exact) mass is 113 g/mol. The fourth-order valence-corrected chi connectivity index (χ4v) is 0.610. The van der Waals surface area contributed by atoms with E-state index in [1.807, 2.05) is 20.8 Å². The fourth-order valence-electron chi connectivity index (χ4n) is 0.610. The molecule has 0 saturated carbocycles. The molecule has 0 aromatic heterocycles. The molecule has 0 bridgehead atoms. The first-order chi connectivity index (χ1) is 3.42. The van der Waals surface area contributed by atoms with Crippen molar-refractivity contribution in [1.82, 2.24) is 0 Å². The minimum absolute atomic E-state index is 0.0475. The van der Waals surface area contributed by atoms with Crippen LogP contribution in [0.25, 0.3) is 0 Å². The van der Waals surface area contributed by atoms with Gasteiger partial charge in [0.2, 0.25) is 0 Å². The highest BCUT2D eigenvalue weighted by atomic mass is 16.3. The Morgan fingerprint density at radius 1 is 1.38 bits per heavy atom. The van der Waals surface area contributed by atoms with Crippen LogP contribution in [0.1, 0.15) is 27.7 Å². The summed E-state index contributed by atoms with van der Waals surface area (Å²) < 4.78 is 0. The molecule has 0 heterocycles. The summed E-state index contributed by atoms with van der Waals surface area (Å²) in [5, 5.41) is 10.4. The number of hydrogen-bond donors (Lipinski definition) is 0. The SMILES string of the molecule is C/C([O-])=C\C(C)(C)C. The highest BCUT2D eigenvalue weighted by Gasteiger charge is 2.01. The average Bonchev–Trinajstić information content (AvgIpc) is 1.21. The van der Waals surface area contributed by atoms with E-state index in [9.17, 15) is 5.11 Å². The van der Waals surface area contributed by atoms with E-state index in [-0.39, 0.29) is 11.2 Å². The summed E-state index contributed by atoms with van der Waals surface area (Å²) >= 11 is 0. The summed E-state index contributed by atoms with van der Waals surface area (Å²) in [4.78, 5) is 0. The van der Waals surface area contributed by atoms with E-state index in [1.165, 1.54) is 0 Å². The molecule has 1 heteroatoms. The molecule has 0 atom stereocenters. The largest absolute Gasteiger partial charge is 0.876 e. The molecule has 0 fully saturated rings. The number of rotatable bonds is 0. The van der Waals surface area contributed by atoms with Crippen LogP contribution in [0, 0.1) is 5.41 Å². The normalized spacial score (nSPS) is 14.2. The fraction of sp³-hybridized carbons (Fsp3) is 0.714. The summed E-state index contributed by atoms with van der Waals surface area (Å²) in [5.41, 5.74) is 0.0475. The van der Waals surface area contributed by atoms with Crippen LogP contribution >= 0.6 is 0 Å². The molecule has 0 amide bonds. The van der Waals surface area contributed by atoms with E-state index in [0.29, 0.717) is 0 Å². The lowest BCUT2D eigenvalue weighted by molar-refractivity contribution is -0.302. The van der Waals surface area contributed by atoms with Crippen LogP contribution < -0.4 is 5.11 Å². The molecule has 0 spiro atoms. The molecular weight excluding hydrogens is 100 g/mol. The molecule has 0 N–H and O–H groups in total. The quantitative estimate of drug-likeness (QED) is 0.434. The Labute approximate surface area is 51.0 Å². The van der Waals surface area contributed by atoms with Crippen LogP contribution in [0.15, 0.2) is 11.8 Å². The van der Waals surface area contributed by atoms with E-state index in [2.05, 4.69) is 0 Å². The Morgan fingerprint density at radius 2 is 1.75 bits per heavy atom. The Hall–Kier alpha value is -0.460. The Balaban J connectivity index is 3.89. The summed E-state index contributed by atoms with van der Waals surface area (Å²) in [6, 6.07) is 0. The van der Waals surface area contributed by atoms with Gasteiger partial charge in [0.15, 0.2) is 0 Å². The number of allylic oxidation sites excluding steroid dienone is 2. The minimum Gasteiger partial charge on any atom is -0.876 e. The van der Waals surface area contributed by atoms with Crippen molar-refractivity contribution in [2.24, 2.45) is 5.41 Å². The van der Waals surface area contributed by atoms with Crippen LogP contribution in [0.2, 0.25) is 0 Å². The van der Waals surface area contributed by atoms with Crippen LogP contribution in [0.5, 0.6) is 0 Å². The molecule has 0 aromatic carbocycles. The second-order valence-electron chi connectivity index (χ2n) is 3.12. The van der Waals surface area contributed by atoms with Crippen molar-refractivity contribution in [1.29, 1.82) is 0 Å². The topological polar surface area (TPSA) is 23.1 Å². The third kappa shape index (κ3) is 5.54. The number of hydrogen-bond acceptors (Lipinski definition) is 1. The summed E-state index contributed by atoms with van der Waals surface area (Å²) in [6.45, 7) is 7.60. The molecule has 0 aliphatic carbocycles. The van der Waals surface area contributed by atoms with E-state index < -0.39 is 0 Å². The van der Waals surface area contributed by atoms with Crippen molar-refractivity contribution < 1.29 is 5.11 Å². The summed E-state index contributed by atoms with van der Waals surface area (Å²) in [7, 11) is 0. The second-order valence-corrected chi connectivity index (χ2v) is 3.12. The van der Waals surface area contributed by atoms with E-state index in [4.69, 9.17) is 0 Å². The van der Waals surface area contributed by atoms with Gasteiger partial charge in [0.25, 0.3) is 0 Å². The lowest BCUT2D eigenvalue weighted by Crippen LogP contribution is -2.06. The maximum atomic E-state index is 10.4. The first-order valence-electron chi connectivity index (χ1n) is 2.78. The van der Waals surface area contributed by atoms with Crippen molar-refractivity contribution in [3.05, 3.63) is 11.8 Å². The van der Waals surface area contributed by atoms with Gasteiger partial charge in [0.1, 0.15) is 0 Å². The zero-order chi connectivity index (χ0) is 6.78. The molecule has 8 heavy (non-hydrogen) atoms. The molecule has 48 valence electrons. The van der Waals surface area contributed by atoms with Crippen LogP contribution in [0.4, 0.5) is 0 Å². The van der Waals surface area contributed by atoms with Gasteiger partial charge in [0, 0.05) is 0 Å². The molecule has 0 rings (SSSR count). The highest BCUT2D eigenvalue weighted by Crippen LogP contribution is 2.14. The minimum atomic E-state index is 0.0475. The maximum absolute atomic E-state index is 10.4. The summed E-state index contributed by atoms with van der Waals surface area (Å²) in [5.74, 6) is 0.150. The van der Waals surface area contributed by atoms with E-state index >= 15 is 0 Å². The van der Waals surface area contributed by atoms with Gasteiger partial charge in [-0.05, 0) is 5.41 Å². The van der Waals surface area contributed by atoms with Gasteiger partial charge in [-0.25, -0.2) is 0 Å². The highest BCUT2D eigenvalue weighted by molar-refractivity contribution is 4.93. The third-order valence-corrected chi connectivity index (χ3v) is 0.636. The second kappa shape index (κ2) is 2.21. The van der Waals surface area contributed by atoms with Gasteiger partial charge in [-0.3, -0.25) is 0 Å². The summed E-state index contributed by atoms with van der Waals surface area (Å²) in [6.07, 6.45) is 1.72. The maximum Gasteiger partial charge on any atom is -0.0209 e. The lowest BCUT2D eigenvalue weighted by Gasteiger charge is -2.16. The Bertz CT molecular complexity index is 91.4. The standard InChI is InChI=1S/C7H14O/c1-6(8)5-7(2,3)4/h5,8H,1-4H3/p-1/b6-5+. The van der Waals surface area contributed by atoms with Gasteiger partial charge in [-0.2, -0.15) is 0 Å². The van der Waals surface area contributed by atoms with Gasteiger partial charge in [0.05, 0.1) is 0 Å². The molecule has 1 nitrogen and oxygen atoms in total. The van der Waals surface area contributed by atoms with Gasteiger partial charge < -0.3 is 5.11 Å². The van der Waals surface area contributed by atoms with Gasteiger partial charge >= 0.3 is 0 Å². The molecule has 0 saturated heterocycles. The first-order valence-corrected chi connectivity index (χ1v) is 2.78. The van der Waals surface area contributed by atoms with Crippen LogP contribution in [-0.4, -0.2) is 0 Å². The Kier molecular flexibility index (Phi) is 2.08. The van der Waals surface area contributed by atoms with Crippen molar-refractivity contribution in [3.8, 4) is 0 Å². The van der Waals surface area contributed by atoms with E-state index in [0.717, 1.165) is 0 Å². The molecule has 0 aromatic rings. The van der Waals surface area contributed by atoms with Crippen molar-refractivity contribution in [2.45, 2.75) is 27.7 Å². The molecule has 0 radical (unpaired) electrons. The van der Waals surface area contributed by atoms with Crippen molar-refractivity contribution in [3.63, 3.8) is 0 Å². The zero-order valence-corrected chi connectivity index (χ0v) is 5.99. The smallest absolute Gasteiger partial charge is 0.0209 e. The predicted octanol–water partition coefficient (Wildman–Crippen LogP) is 1.30. The van der Waals surface area contributed by atoms with Gasteiger partial charge in [-0.15, -0.1) is 5.76 Å². The average molecular weight is 113 g/mol. The van der Waals surface area contributed by atoms with E-state index in [1.54, 1.807) is 13.0 Å². The lowest BCUT2D eigenvalue weighted by atomic mass is 9.96. The third-order valence-electron chi connectivity index (χ3n) is 0.636.